The van der Waals surface area contributed by atoms with E-state index in [1.165, 1.54) is 34.2 Å². The van der Waals surface area contributed by atoms with Crippen molar-refractivity contribution in [3.05, 3.63) is 69.8 Å². The maximum absolute atomic E-state index is 12.8. The number of thiophene rings is 1. The zero-order chi connectivity index (χ0) is 21.8. The number of carbonyl (C=O) groups is 1. The van der Waals surface area contributed by atoms with E-state index in [-0.39, 0.29) is 17.2 Å². The quantitative estimate of drug-likeness (QED) is 0.311. The van der Waals surface area contributed by atoms with Gasteiger partial charge in [0.1, 0.15) is 4.83 Å². The van der Waals surface area contributed by atoms with Crippen molar-refractivity contribution in [1.82, 2.24) is 19.4 Å². The van der Waals surface area contributed by atoms with E-state index in [9.17, 15) is 9.59 Å². The van der Waals surface area contributed by atoms with Crippen LogP contribution in [0, 0.1) is 6.92 Å². The Kier molecular flexibility index (Phi) is 6.89. The smallest absolute Gasteiger partial charge is 0.263 e. The third-order valence-corrected chi connectivity index (χ3v) is 7.33. The van der Waals surface area contributed by atoms with Crippen LogP contribution in [0.5, 0.6) is 0 Å². The monoisotopic (exact) mass is 454 g/mol. The van der Waals surface area contributed by atoms with E-state index >= 15 is 0 Å². The van der Waals surface area contributed by atoms with Gasteiger partial charge in [0.05, 0.1) is 11.1 Å². The SMILES string of the molecule is C=CCn1c(SCC(=O)N2CCN(Cc3ccccc3C)CC2)nc2sccc2c1=O. The van der Waals surface area contributed by atoms with Crippen LogP contribution in [0.15, 0.2) is 58.3 Å². The number of carbonyl (C=O) groups excluding carboxylic acids is 1. The maximum Gasteiger partial charge on any atom is 0.263 e. The Morgan fingerprint density at radius 1 is 1.23 bits per heavy atom. The lowest BCUT2D eigenvalue weighted by molar-refractivity contribution is -0.130. The summed E-state index contributed by atoms with van der Waals surface area (Å²) in [5.74, 6) is 0.365. The molecule has 0 aliphatic carbocycles. The molecule has 1 fully saturated rings. The summed E-state index contributed by atoms with van der Waals surface area (Å²) >= 11 is 2.77. The number of aryl methyl sites for hydroxylation is 1. The topological polar surface area (TPSA) is 58.4 Å². The number of hydrogen-bond acceptors (Lipinski definition) is 6. The first-order chi connectivity index (χ1) is 15.1. The van der Waals surface area contributed by atoms with Crippen LogP contribution in [-0.2, 0) is 17.9 Å². The van der Waals surface area contributed by atoms with E-state index in [4.69, 9.17) is 0 Å². The number of benzene rings is 1. The fraction of sp³-hybridized carbons (Fsp3) is 0.348. The first-order valence-corrected chi connectivity index (χ1v) is 12.2. The predicted molar refractivity (Wildman–Crippen MR) is 128 cm³/mol. The molecule has 0 N–H and O–H groups in total. The molecule has 0 unspecified atom stereocenters. The van der Waals surface area contributed by atoms with E-state index in [2.05, 4.69) is 47.7 Å². The molecule has 162 valence electrons. The average Bonchev–Trinajstić information content (AvgIpc) is 3.25. The van der Waals surface area contributed by atoms with Gasteiger partial charge in [0.25, 0.3) is 5.56 Å². The summed E-state index contributed by atoms with van der Waals surface area (Å²) in [6.45, 7) is 10.4. The molecular formula is C23H26N4O2S2. The molecule has 0 saturated carbocycles. The second kappa shape index (κ2) is 9.80. The van der Waals surface area contributed by atoms with Gasteiger partial charge in [0.15, 0.2) is 5.16 Å². The highest BCUT2D eigenvalue weighted by Gasteiger charge is 2.22. The summed E-state index contributed by atoms with van der Waals surface area (Å²) in [7, 11) is 0. The number of allylic oxidation sites excluding steroid dienone is 1. The van der Waals surface area contributed by atoms with E-state index in [1.54, 1.807) is 16.7 Å². The van der Waals surface area contributed by atoms with Gasteiger partial charge in [-0.15, -0.1) is 17.9 Å². The fourth-order valence-electron chi connectivity index (χ4n) is 3.73. The van der Waals surface area contributed by atoms with Crippen molar-refractivity contribution in [2.75, 3.05) is 31.9 Å². The number of aromatic nitrogens is 2. The zero-order valence-corrected chi connectivity index (χ0v) is 19.3. The maximum atomic E-state index is 12.8. The lowest BCUT2D eigenvalue weighted by Crippen LogP contribution is -2.48. The summed E-state index contributed by atoms with van der Waals surface area (Å²) in [4.78, 5) is 35.2. The number of nitrogens with zero attached hydrogens (tertiary/aromatic N) is 4. The average molecular weight is 455 g/mol. The molecule has 6 nitrogen and oxygen atoms in total. The molecule has 3 heterocycles. The number of thioether (sulfide) groups is 1. The van der Waals surface area contributed by atoms with Gasteiger partial charge >= 0.3 is 0 Å². The molecule has 1 aliphatic rings. The van der Waals surface area contributed by atoms with E-state index in [1.807, 2.05) is 10.3 Å². The first kappa shape index (κ1) is 21.8. The third kappa shape index (κ3) is 4.92. The summed E-state index contributed by atoms with van der Waals surface area (Å²) in [6, 6.07) is 10.2. The summed E-state index contributed by atoms with van der Waals surface area (Å²) < 4.78 is 1.60. The highest BCUT2D eigenvalue weighted by atomic mass is 32.2. The van der Waals surface area contributed by atoms with Crippen molar-refractivity contribution >= 4 is 39.2 Å². The van der Waals surface area contributed by atoms with Gasteiger partial charge in [-0.05, 0) is 29.5 Å². The van der Waals surface area contributed by atoms with E-state index < -0.39 is 0 Å². The number of fused-ring (bicyclic) bond motifs is 1. The van der Waals surface area contributed by atoms with Crippen LogP contribution in [0.4, 0.5) is 0 Å². The Balaban J connectivity index is 1.36. The number of rotatable bonds is 7. The Morgan fingerprint density at radius 3 is 2.74 bits per heavy atom. The van der Waals surface area contributed by atoms with Crippen LogP contribution in [0.2, 0.25) is 0 Å². The minimum absolute atomic E-state index is 0.0779. The minimum Gasteiger partial charge on any atom is -0.339 e. The van der Waals surface area contributed by atoms with Gasteiger partial charge in [-0.2, -0.15) is 0 Å². The molecule has 31 heavy (non-hydrogen) atoms. The highest BCUT2D eigenvalue weighted by molar-refractivity contribution is 7.99. The normalized spacial score (nSPS) is 14.8. The van der Waals surface area contributed by atoms with Gasteiger partial charge in [-0.25, -0.2) is 4.98 Å². The largest absolute Gasteiger partial charge is 0.339 e. The molecule has 0 atom stereocenters. The third-order valence-electron chi connectivity index (χ3n) is 5.57. The van der Waals surface area contributed by atoms with Crippen LogP contribution in [-0.4, -0.2) is 57.2 Å². The lowest BCUT2D eigenvalue weighted by Gasteiger charge is -2.35. The number of hydrogen-bond donors (Lipinski definition) is 0. The lowest BCUT2D eigenvalue weighted by atomic mass is 10.1. The second-order valence-corrected chi connectivity index (χ2v) is 9.45. The van der Waals surface area contributed by atoms with Crippen LogP contribution >= 0.6 is 23.1 Å². The molecular weight excluding hydrogens is 428 g/mol. The predicted octanol–water partition coefficient (Wildman–Crippen LogP) is 3.39. The van der Waals surface area contributed by atoms with E-state index in [0.717, 1.165) is 32.7 Å². The molecule has 1 amide bonds. The number of amides is 1. The van der Waals surface area contributed by atoms with Gasteiger partial charge in [-0.3, -0.25) is 19.1 Å². The van der Waals surface area contributed by atoms with Gasteiger partial charge in [0, 0.05) is 39.3 Å². The van der Waals surface area contributed by atoms with Crippen LogP contribution < -0.4 is 5.56 Å². The van der Waals surface area contributed by atoms with Crippen molar-refractivity contribution in [3.63, 3.8) is 0 Å². The standard InChI is InChI=1S/C23H26N4O2S2/c1-3-9-27-22(29)19-8-14-30-21(19)24-23(27)31-16-20(28)26-12-10-25(11-13-26)15-18-7-5-4-6-17(18)2/h3-8,14H,1,9-13,15-16H2,2H3. The fourth-order valence-corrected chi connectivity index (χ4v) is 5.45. The van der Waals surface area contributed by atoms with Crippen molar-refractivity contribution < 1.29 is 4.79 Å². The van der Waals surface area contributed by atoms with Gasteiger partial charge < -0.3 is 4.90 Å². The van der Waals surface area contributed by atoms with E-state index in [0.29, 0.717) is 21.9 Å². The Labute approximate surface area is 190 Å². The first-order valence-electron chi connectivity index (χ1n) is 10.3. The molecule has 4 rings (SSSR count). The van der Waals surface area contributed by atoms with Crippen molar-refractivity contribution in [1.29, 1.82) is 0 Å². The summed E-state index contributed by atoms with van der Waals surface area (Å²) in [5.41, 5.74) is 2.57. The molecule has 1 saturated heterocycles. The van der Waals surface area contributed by atoms with Crippen molar-refractivity contribution in [2.24, 2.45) is 0 Å². The second-order valence-electron chi connectivity index (χ2n) is 7.61. The Bertz CT molecular complexity index is 1150. The highest BCUT2D eigenvalue weighted by Crippen LogP contribution is 2.22. The Hall–Kier alpha value is -2.42. The van der Waals surface area contributed by atoms with Crippen LogP contribution in [0.1, 0.15) is 11.1 Å². The number of piperazine rings is 1. The van der Waals surface area contributed by atoms with Gasteiger partial charge in [0.2, 0.25) is 5.91 Å². The molecule has 0 bridgehead atoms. The molecule has 2 aromatic heterocycles. The zero-order valence-electron chi connectivity index (χ0n) is 17.6. The minimum atomic E-state index is -0.0779. The van der Waals surface area contributed by atoms with Crippen LogP contribution in [0.25, 0.3) is 10.2 Å². The molecule has 0 spiro atoms. The molecule has 3 aromatic rings. The molecule has 8 heteroatoms. The Morgan fingerprint density at radius 2 is 2.00 bits per heavy atom. The van der Waals surface area contributed by atoms with Crippen molar-refractivity contribution in [3.8, 4) is 0 Å². The molecule has 1 aliphatic heterocycles. The van der Waals surface area contributed by atoms with Gasteiger partial charge in [-0.1, -0.05) is 42.1 Å². The summed E-state index contributed by atoms with van der Waals surface area (Å²) in [5, 5.41) is 3.06. The van der Waals surface area contributed by atoms with Crippen LogP contribution in [0.3, 0.4) is 0 Å². The molecule has 1 aromatic carbocycles. The summed E-state index contributed by atoms with van der Waals surface area (Å²) in [6.07, 6.45) is 1.68. The molecule has 0 radical (unpaired) electrons. The van der Waals surface area contributed by atoms with Crippen molar-refractivity contribution in [2.45, 2.75) is 25.2 Å².